The molecule has 4 nitrogen and oxygen atoms in total. The molecule has 5 heteroatoms. The third kappa shape index (κ3) is 3.33. The lowest BCUT2D eigenvalue weighted by molar-refractivity contribution is -0.130. The Hall–Kier alpha value is -1.81. The maximum atomic E-state index is 12.3. The Morgan fingerprint density at radius 1 is 1.27 bits per heavy atom. The molecule has 0 radical (unpaired) electrons. The van der Waals surface area contributed by atoms with E-state index in [9.17, 15) is 4.79 Å². The molecule has 2 rings (SSSR count). The van der Waals surface area contributed by atoms with Gasteiger partial charge >= 0.3 is 0 Å². The van der Waals surface area contributed by atoms with E-state index in [-0.39, 0.29) is 11.9 Å². The Labute approximate surface area is 136 Å². The smallest absolute Gasteiger partial charge is 0.227 e. The van der Waals surface area contributed by atoms with E-state index in [0.717, 1.165) is 22.6 Å². The van der Waals surface area contributed by atoms with Crippen molar-refractivity contribution in [3.05, 3.63) is 46.2 Å². The first kappa shape index (κ1) is 16.6. The van der Waals surface area contributed by atoms with Gasteiger partial charge in [0.05, 0.1) is 17.8 Å². The van der Waals surface area contributed by atoms with Crippen molar-refractivity contribution in [3.8, 4) is 5.69 Å². The van der Waals surface area contributed by atoms with E-state index < -0.39 is 0 Å². The fraction of sp³-hybridized carbons (Fsp3) is 0.412. The number of carbonyl (C=O) groups is 1. The molecule has 0 spiro atoms. The van der Waals surface area contributed by atoms with Crippen LogP contribution in [0.25, 0.3) is 5.69 Å². The quantitative estimate of drug-likeness (QED) is 0.864. The Morgan fingerprint density at radius 2 is 1.86 bits per heavy atom. The summed E-state index contributed by atoms with van der Waals surface area (Å²) in [6.45, 7) is 7.95. The molecule has 0 aliphatic rings. The fourth-order valence-corrected chi connectivity index (χ4v) is 2.45. The number of hydrogen-bond acceptors (Lipinski definition) is 2. The number of hydrogen-bond donors (Lipinski definition) is 0. The molecule has 0 bridgehead atoms. The summed E-state index contributed by atoms with van der Waals surface area (Å²) in [7, 11) is 1.83. The van der Waals surface area contributed by atoms with Gasteiger partial charge in [-0.1, -0.05) is 11.6 Å². The standard InChI is InChI=1S/C17H22ClN3O/c1-11(2)20(5)17(22)10-16-12(3)19-21(13(16)4)15-8-6-14(18)7-9-15/h6-9,11H,10H2,1-5H3. The number of benzene rings is 1. The molecule has 0 saturated heterocycles. The number of halogens is 1. The number of aromatic nitrogens is 2. The summed E-state index contributed by atoms with van der Waals surface area (Å²) in [5.41, 5.74) is 3.82. The van der Waals surface area contributed by atoms with Gasteiger partial charge in [0.2, 0.25) is 5.91 Å². The average Bonchev–Trinajstić information content (AvgIpc) is 2.75. The van der Waals surface area contributed by atoms with Crippen molar-refractivity contribution in [1.29, 1.82) is 0 Å². The third-order valence-corrected chi connectivity index (χ3v) is 4.26. The van der Waals surface area contributed by atoms with Gasteiger partial charge in [-0.05, 0) is 52.0 Å². The molecular formula is C17H22ClN3O. The molecule has 0 unspecified atom stereocenters. The van der Waals surface area contributed by atoms with Crippen LogP contribution in [0, 0.1) is 13.8 Å². The predicted molar refractivity (Wildman–Crippen MR) is 89.7 cm³/mol. The Kier molecular flexibility index (Phi) is 4.91. The summed E-state index contributed by atoms with van der Waals surface area (Å²) in [6.07, 6.45) is 0.375. The number of likely N-dealkylation sites (N-methyl/N-ethyl adjacent to an activating group) is 1. The van der Waals surface area contributed by atoms with Gasteiger partial charge in [0, 0.05) is 29.4 Å². The molecule has 1 amide bonds. The van der Waals surface area contributed by atoms with Gasteiger partial charge < -0.3 is 4.90 Å². The number of aryl methyl sites for hydroxylation is 1. The van der Waals surface area contributed by atoms with Crippen LogP contribution in [-0.2, 0) is 11.2 Å². The molecule has 0 saturated carbocycles. The lowest BCUT2D eigenvalue weighted by Gasteiger charge is -2.21. The largest absolute Gasteiger partial charge is 0.343 e. The maximum absolute atomic E-state index is 12.3. The van der Waals surface area contributed by atoms with Crippen LogP contribution in [0.4, 0.5) is 0 Å². The minimum absolute atomic E-state index is 0.108. The topological polar surface area (TPSA) is 38.1 Å². The van der Waals surface area contributed by atoms with Gasteiger partial charge in [0.25, 0.3) is 0 Å². The first-order chi connectivity index (χ1) is 10.3. The van der Waals surface area contributed by atoms with Gasteiger partial charge in [0.15, 0.2) is 0 Å². The fourth-order valence-electron chi connectivity index (χ4n) is 2.33. The van der Waals surface area contributed by atoms with Gasteiger partial charge in [-0.15, -0.1) is 0 Å². The molecule has 1 aromatic carbocycles. The van der Waals surface area contributed by atoms with Gasteiger partial charge in [-0.25, -0.2) is 4.68 Å². The molecule has 0 N–H and O–H groups in total. The van der Waals surface area contributed by atoms with E-state index in [2.05, 4.69) is 5.10 Å². The zero-order chi connectivity index (χ0) is 16.4. The highest BCUT2D eigenvalue weighted by Crippen LogP contribution is 2.20. The Morgan fingerprint density at radius 3 is 2.41 bits per heavy atom. The van der Waals surface area contributed by atoms with Crippen LogP contribution in [0.5, 0.6) is 0 Å². The van der Waals surface area contributed by atoms with E-state index in [1.165, 1.54) is 0 Å². The van der Waals surface area contributed by atoms with Crippen molar-refractivity contribution in [2.45, 2.75) is 40.2 Å². The SMILES string of the molecule is Cc1nn(-c2ccc(Cl)cc2)c(C)c1CC(=O)N(C)C(C)C. The second-order valence-corrected chi connectivity index (χ2v) is 6.25. The van der Waals surface area contributed by atoms with E-state index in [4.69, 9.17) is 11.6 Å². The summed E-state index contributed by atoms with van der Waals surface area (Å²) < 4.78 is 1.86. The molecule has 0 aliphatic carbocycles. The molecule has 1 heterocycles. The summed E-state index contributed by atoms with van der Waals surface area (Å²) in [5, 5.41) is 5.26. The normalized spacial score (nSPS) is 11.0. The van der Waals surface area contributed by atoms with Crippen molar-refractivity contribution in [2.24, 2.45) is 0 Å². The monoisotopic (exact) mass is 319 g/mol. The number of carbonyl (C=O) groups excluding carboxylic acids is 1. The first-order valence-electron chi connectivity index (χ1n) is 7.38. The number of amides is 1. The molecular weight excluding hydrogens is 298 g/mol. The van der Waals surface area contributed by atoms with Crippen molar-refractivity contribution in [2.75, 3.05) is 7.05 Å². The van der Waals surface area contributed by atoms with Crippen molar-refractivity contribution >= 4 is 17.5 Å². The maximum Gasteiger partial charge on any atom is 0.227 e. The zero-order valence-electron chi connectivity index (χ0n) is 13.7. The van der Waals surface area contributed by atoms with Crippen LogP contribution >= 0.6 is 11.6 Å². The Bertz CT molecular complexity index is 674. The highest BCUT2D eigenvalue weighted by molar-refractivity contribution is 6.30. The molecule has 22 heavy (non-hydrogen) atoms. The highest BCUT2D eigenvalue weighted by atomic mass is 35.5. The molecule has 2 aromatic rings. The lowest BCUT2D eigenvalue weighted by atomic mass is 10.1. The van der Waals surface area contributed by atoms with Gasteiger partial charge in [0.1, 0.15) is 0 Å². The summed E-state index contributed by atoms with van der Waals surface area (Å²) in [5.74, 6) is 0.108. The second kappa shape index (κ2) is 6.53. The van der Waals surface area contributed by atoms with Crippen LogP contribution in [0.15, 0.2) is 24.3 Å². The van der Waals surface area contributed by atoms with Crippen molar-refractivity contribution in [1.82, 2.24) is 14.7 Å². The van der Waals surface area contributed by atoms with E-state index in [0.29, 0.717) is 11.4 Å². The van der Waals surface area contributed by atoms with Crippen LogP contribution in [0.3, 0.4) is 0 Å². The average molecular weight is 320 g/mol. The van der Waals surface area contributed by atoms with Crippen LogP contribution < -0.4 is 0 Å². The molecule has 0 aliphatic heterocycles. The molecule has 118 valence electrons. The van der Waals surface area contributed by atoms with Crippen LogP contribution in [-0.4, -0.2) is 33.7 Å². The number of rotatable bonds is 4. The van der Waals surface area contributed by atoms with Gasteiger partial charge in [-0.3, -0.25) is 4.79 Å². The van der Waals surface area contributed by atoms with Gasteiger partial charge in [-0.2, -0.15) is 5.10 Å². The van der Waals surface area contributed by atoms with Crippen molar-refractivity contribution in [3.63, 3.8) is 0 Å². The van der Waals surface area contributed by atoms with E-state index >= 15 is 0 Å². The van der Waals surface area contributed by atoms with Crippen LogP contribution in [0.1, 0.15) is 30.8 Å². The lowest BCUT2D eigenvalue weighted by Crippen LogP contribution is -2.34. The minimum Gasteiger partial charge on any atom is -0.343 e. The number of nitrogens with zero attached hydrogens (tertiary/aromatic N) is 3. The Balaban J connectivity index is 2.31. The predicted octanol–water partition coefficient (Wildman–Crippen LogP) is 3.55. The second-order valence-electron chi connectivity index (χ2n) is 5.81. The summed E-state index contributed by atoms with van der Waals surface area (Å²) >= 11 is 5.93. The molecule has 0 atom stereocenters. The van der Waals surface area contributed by atoms with E-state index in [1.807, 2.05) is 63.7 Å². The van der Waals surface area contributed by atoms with E-state index in [1.54, 1.807) is 4.90 Å². The third-order valence-electron chi connectivity index (χ3n) is 4.01. The van der Waals surface area contributed by atoms with Crippen LogP contribution in [0.2, 0.25) is 5.02 Å². The highest BCUT2D eigenvalue weighted by Gasteiger charge is 2.19. The summed E-state index contributed by atoms with van der Waals surface area (Å²) in [4.78, 5) is 14.1. The molecule has 1 aromatic heterocycles. The molecule has 0 fully saturated rings. The van der Waals surface area contributed by atoms with Crippen molar-refractivity contribution < 1.29 is 4.79 Å². The zero-order valence-corrected chi connectivity index (χ0v) is 14.5. The minimum atomic E-state index is 0.108. The summed E-state index contributed by atoms with van der Waals surface area (Å²) in [6, 6.07) is 7.72. The first-order valence-corrected chi connectivity index (χ1v) is 7.75.